The Morgan fingerprint density at radius 1 is 1.11 bits per heavy atom. The van der Waals surface area contributed by atoms with E-state index in [-0.39, 0.29) is 18.4 Å². The highest BCUT2D eigenvalue weighted by molar-refractivity contribution is 6.02. The molecule has 0 spiro atoms. The molecule has 35 heavy (non-hydrogen) atoms. The zero-order chi connectivity index (χ0) is 24.8. The summed E-state index contributed by atoms with van der Waals surface area (Å²) in [5.41, 5.74) is 3.28. The van der Waals surface area contributed by atoms with Gasteiger partial charge >= 0.3 is 5.97 Å². The minimum atomic E-state index is -0.922. The smallest absolute Gasteiger partial charge is 0.308 e. The van der Waals surface area contributed by atoms with E-state index in [1.54, 1.807) is 19.1 Å². The molecule has 0 radical (unpaired) electrons. The first kappa shape index (κ1) is 24.9. The van der Waals surface area contributed by atoms with Gasteiger partial charge in [-0.3, -0.25) is 19.3 Å². The highest BCUT2D eigenvalue weighted by Gasteiger charge is 2.29. The summed E-state index contributed by atoms with van der Waals surface area (Å²) >= 11 is 0. The number of hydrogen-bond acceptors (Lipinski definition) is 4. The average Bonchev–Trinajstić information content (AvgIpc) is 3.19. The Morgan fingerprint density at radius 2 is 1.86 bits per heavy atom. The van der Waals surface area contributed by atoms with Crippen molar-refractivity contribution in [3.8, 4) is 0 Å². The van der Waals surface area contributed by atoms with Crippen LogP contribution >= 0.6 is 0 Å². The van der Waals surface area contributed by atoms with Crippen molar-refractivity contribution in [2.75, 3.05) is 26.2 Å². The lowest BCUT2D eigenvalue weighted by Crippen LogP contribution is -2.35. The number of aliphatic carboxylic acids is 1. The summed E-state index contributed by atoms with van der Waals surface area (Å²) in [6.45, 7) is 6.35. The van der Waals surface area contributed by atoms with Gasteiger partial charge in [-0.2, -0.15) is 0 Å². The highest BCUT2D eigenvalue weighted by Crippen LogP contribution is 2.27. The quantitative estimate of drug-likeness (QED) is 0.544. The number of fused-ring (bicyclic) bond motifs is 1. The predicted molar refractivity (Wildman–Crippen MR) is 134 cm³/mol. The number of benzene rings is 2. The van der Waals surface area contributed by atoms with Gasteiger partial charge in [0, 0.05) is 37.3 Å². The topological polar surface area (TPSA) is 90.0 Å². The van der Waals surface area contributed by atoms with Crippen LogP contribution in [0.25, 0.3) is 0 Å². The molecule has 0 aliphatic carbocycles. The van der Waals surface area contributed by atoms with E-state index < -0.39 is 11.9 Å². The van der Waals surface area contributed by atoms with Crippen molar-refractivity contribution in [3.05, 3.63) is 70.8 Å². The maximum Gasteiger partial charge on any atom is 0.308 e. The van der Waals surface area contributed by atoms with Gasteiger partial charge in [0.05, 0.1) is 5.92 Å². The van der Waals surface area contributed by atoms with Crippen LogP contribution < -0.4 is 5.32 Å². The maximum atomic E-state index is 13.0. The number of carbonyl (C=O) groups is 3. The number of hydrogen-bond donors (Lipinski definition) is 2. The normalized spacial score (nSPS) is 17.3. The molecule has 2 aromatic rings. The summed E-state index contributed by atoms with van der Waals surface area (Å²) in [4.78, 5) is 41.1. The van der Waals surface area contributed by atoms with Gasteiger partial charge in [-0.1, -0.05) is 43.3 Å². The SMILES string of the molecule is CC[C@@H](CNC(=O)c1ccc2c(c1)C(=O)N(CCC1CCN(Cc3ccccc3)CC1)C2)C(=O)O. The molecule has 7 nitrogen and oxygen atoms in total. The standard InChI is InChI=1S/C28H35N3O4/c1-2-22(28(34)35)17-29-26(32)23-8-9-24-19-31(27(33)25(24)16-23)15-12-20-10-13-30(14-11-20)18-21-6-4-3-5-7-21/h3-9,16,20,22H,2,10-15,17-19H2,1H3,(H,29,32)(H,34,35)/t22-/m0/s1. The molecule has 0 aromatic heterocycles. The van der Waals surface area contributed by atoms with Gasteiger partial charge in [0.2, 0.25) is 0 Å². The van der Waals surface area contributed by atoms with Crippen LogP contribution in [-0.2, 0) is 17.9 Å². The van der Waals surface area contributed by atoms with Gasteiger partial charge in [-0.05, 0) is 68.0 Å². The molecule has 1 atom stereocenters. The van der Waals surface area contributed by atoms with Crippen molar-refractivity contribution in [2.45, 2.75) is 45.7 Å². The zero-order valence-corrected chi connectivity index (χ0v) is 20.4. The lowest BCUT2D eigenvalue weighted by Gasteiger charge is -2.32. The van der Waals surface area contributed by atoms with Gasteiger partial charge in [0.1, 0.15) is 0 Å². The fourth-order valence-corrected chi connectivity index (χ4v) is 5.02. The first-order valence-electron chi connectivity index (χ1n) is 12.6. The number of nitrogens with one attached hydrogen (secondary N) is 1. The first-order chi connectivity index (χ1) is 16.9. The Morgan fingerprint density at radius 3 is 2.54 bits per heavy atom. The van der Waals surface area contributed by atoms with E-state index in [2.05, 4.69) is 34.5 Å². The Bertz CT molecular complexity index is 1050. The summed E-state index contributed by atoms with van der Waals surface area (Å²) in [6.07, 6.45) is 3.75. The van der Waals surface area contributed by atoms with Crippen molar-refractivity contribution < 1.29 is 19.5 Å². The molecule has 2 amide bonds. The zero-order valence-electron chi connectivity index (χ0n) is 20.4. The summed E-state index contributed by atoms with van der Waals surface area (Å²) in [7, 11) is 0. The summed E-state index contributed by atoms with van der Waals surface area (Å²) < 4.78 is 0. The number of amides is 2. The van der Waals surface area contributed by atoms with Crippen molar-refractivity contribution in [2.24, 2.45) is 11.8 Å². The monoisotopic (exact) mass is 477 g/mol. The number of likely N-dealkylation sites (tertiary alicyclic amines) is 1. The van der Waals surface area contributed by atoms with Crippen LogP contribution in [0.5, 0.6) is 0 Å². The lowest BCUT2D eigenvalue weighted by atomic mass is 9.93. The number of piperidine rings is 1. The van der Waals surface area contributed by atoms with Crippen LogP contribution in [0.4, 0.5) is 0 Å². The highest BCUT2D eigenvalue weighted by atomic mass is 16.4. The third-order valence-electron chi connectivity index (χ3n) is 7.37. The molecule has 2 aliphatic heterocycles. The average molecular weight is 478 g/mol. The van der Waals surface area contributed by atoms with Crippen LogP contribution in [0.2, 0.25) is 0 Å². The van der Waals surface area contributed by atoms with Crippen molar-refractivity contribution in [3.63, 3.8) is 0 Å². The third-order valence-corrected chi connectivity index (χ3v) is 7.37. The van der Waals surface area contributed by atoms with Gasteiger partial charge in [-0.15, -0.1) is 0 Å². The molecule has 2 aromatic carbocycles. The molecule has 0 saturated carbocycles. The van der Waals surface area contributed by atoms with E-state index in [0.717, 1.165) is 51.0 Å². The molecule has 2 aliphatic rings. The Balaban J connectivity index is 1.25. The van der Waals surface area contributed by atoms with E-state index >= 15 is 0 Å². The number of nitrogens with zero attached hydrogens (tertiary/aromatic N) is 2. The van der Waals surface area contributed by atoms with Gasteiger partial charge in [-0.25, -0.2) is 0 Å². The molecule has 7 heteroatoms. The number of carboxylic acid groups (broad SMARTS) is 1. The van der Waals surface area contributed by atoms with Gasteiger partial charge in [0.25, 0.3) is 11.8 Å². The van der Waals surface area contributed by atoms with Crippen LogP contribution in [-0.4, -0.2) is 58.9 Å². The van der Waals surface area contributed by atoms with Crippen LogP contribution in [0.15, 0.2) is 48.5 Å². The second-order valence-corrected chi connectivity index (χ2v) is 9.75. The van der Waals surface area contributed by atoms with E-state index in [1.807, 2.05) is 17.0 Å². The van der Waals surface area contributed by atoms with Crippen molar-refractivity contribution in [1.82, 2.24) is 15.1 Å². The Kier molecular flexibility index (Phi) is 8.18. The van der Waals surface area contributed by atoms with Crippen LogP contribution in [0.3, 0.4) is 0 Å². The first-order valence-corrected chi connectivity index (χ1v) is 12.6. The van der Waals surface area contributed by atoms with E-state index in [9.17, 15) is 14.4 Å². The van der Waals surface area contributed by atoms with E-state index in [0.29, 0.717) is 30.0 Å². The molecule has 2 N–H and O–H groups in total. The number of rotatable bonds is 10. The molecular weight excluding hydrogens is 442 g/mol. The second kappa shape index (κ2) is 11.5. The molecule has 1 fully saturated rings. The van der Waals surface area contributed by atoms with Gasteiger partial charge < -0.3 is 15.3 Å². The molecule has 2 heterocycles. The minimum Gasteiger partial charge on any atom is -0.481 e. The number of carbonyl (C=O) groups excluding carboxylic acids is 2. The summed E-state index contributed by atoms with van der Waals surface area (Å²) in [6, 6.07) is 15.8. The summed E-state index contributed by atoms with van der Waals surface area (Å²) in [5, 5.41) is 11.8. The molecule has 1 saturated heterocycles. The fraction of sp³-hybridized carbons (Fsp3) is 0.464. The molecule has 0 unspecified atom stereocenters. The molecular formula is C28H35N3O4. The van der Waals surface area contributed by atoms with Crippen LogP contribution in [0, 0.1) is 11.8 Å². The van der Waals surface area contributed by atoms with Crippen molar-refractivity contribution in [1.29, 1.82) is 0 Å². The Labute approximate surface area is 207 Å². The summed E-state index contributed by atoms with van der Waals surface area (Å²) in [5.74, 6) is -1.28. The second-order valence-electron chi connectivity index (χ2n) is 9.75. The van der Waals surface area contributed by atoms with Gasteiger partial charge in [0.15, 0.2) is 0 Å². The minimum absolute atomic E-state index is 0.0202. The predicted octanol–water partition coefficient (Wildman–Crippen LogP) is 3.79. The largest absolute Gasteiger partial charge is 0.481 e. The van der Waals surface area contributed by atoms with E-state index in [1.165, 1.54) is 5.56 Å². The maximum absolute atomic E-state index is 13.0. The fourth-order valence-electron chi connectivity index (χ4n) is 5.02. The third kappa shape index (κ3) is 6.28. The molecule has 186 valence electrons. The molecule has 4 rings (SSSR count). The molecule has 0 bridgehead atoms. The van der Waals surface area contributed by atoms with E-state index in [4.69, 9.17) is 5.11 Å². The van der Waals surface area contributed by atoms with Crippen molar-refractivity contribution >= 4 is 17.8 Å². The Hall–Kier alpha value is -3.19. The lowest BCUT2D eigenvalue weighted by molar-refractivity contribution is -0.141. The van der Waals surface area contributed by atoms with Crippen LogP contribution in [0.1, 0.15) is 64.4 Å². The number of carboxylic acids is 1.